The second-order valence-corrected chi connectivity index (χ2v) is 11.9. The molecule has 6 heteroatoms. The normalized spacial score (nSPS) is 12.1. The van der Waals surface area contributed by atoms with Gasteiger partial charge >= 0.3 is 5.97 Å². The Labute approximate surface area is 249 Å². The van der Waals surface area contributed by atoms with Crippen molar-refractivity contribution in [3.63, 3.8) is 0 Å². The van der Waals surface area contributed by atoms with Gasteiger partial charge in [0, 0.05) is 42.2 Å². The van der Waals surface area contributed by atoms with E-state index < -0.39 is 12.0 Å². The number of carbonyl (C=O) groups is 1. The van der Waals surface area contributed by atoms with E-state index in [4.69, 9.17) is 4.98 Å². The molecule has 5 nitrogen and oxygen atoms in total. The lowest BCUT2D eigenvalue weighted by Crippen LogP contribution is -2.39. The maximum absolute atomic E-state index is 11.7. The van der Waals surface area contributed by atoms with Crippen LogP contribution in [0.25, 0.3) is 11.3 Å². The predicted octanol–water partition coefficient (Wildman–Crippen LogP) is 7.96. The summed E-state index contributed by atoms with van der Waals surface area (Å²) in [5, 5.41) is 15.9. The van der Waals surface area contributed by atoms with E-state index in [1.165, 1.54) is 29.7 Å². The molecular formula is C35H43N3O2S. The van der Waals surface area contributed by atoms with Crippen LogP contribution >= 0.6 is 11.3 Å². The van der Waals surface area contributed by atoms with Gasteiger partial charge in [0.05, 0.1) is 10.7 Å². The summed E-state index contributed by atoms with van der Waals surface area (Å²) in [7, 11) is 0. The molecule has 216 valence electrons. The van der Waals surface area contributed by atoms with Crippen LogP contribution in [-0.4, -0.2) is 34.7 Å². The zero-order valence-corrected chi connectivity index (χ0v) is 25.5. The molecule has 1 atom stereocenters. The van der Waals surface area contributed by atoms with Crippen molar-refractivity contribution < 1.29 is 9.90 Å². The van der Waals surface area contributed by atoms with Gasteiger partial charge in [0.15, 0.2) is 0 Å². The van der Waals surface area contributed by atoms with E-state index in [0.717, 1.165) is 28.4 Å². The highest BCUT2D eigenvalue weighted by molar-refractivity contribution is 7.09. The molecule has 4 aromatic rings. The van der Waals surface area contributed by atoms with E-state index in [2.05, 4.69) is 91.8 Å². The Balaban J connectivity index is 1.34. The molecule has 0 aliphatic carbocycles. The highest BCUT2D eigenvalue weighted by atomic mass is 32.1. The molecule has 0 spiro atoms. The number of nitrogens with one attached hydrogen (secondary N) is 1. The predicted molar refractivity (Wildman–Crippen MR) is 172 cm³/mol. The Morgan fingerprint density at radius 2 is 1.61 bits per heavy atom. The third kappa shape index (κ3) is 8.51. The summed E-state index contributed by atoms with van der Waals surface area (Å²) >= 11 is 1.62. The largest absolute Gasteiger partial charge is 0.480 e. The molecule has 0 radical (unpaired) electrons. The average molecular weight is 570 g/mol. The van der Waals surface area contributed by atoms with Crippen LogP contribution in [0.1, 0.15) is 68.2 Å². The number of aliphatic carboxylic acids is 1. The number of rotatable bonds is 15. The molecule has 3 aromatic carbocycles. The minimum Gasteiger partial charge on any atom is -0.480 e. The van der Waals surface area contributed by atoms with E-state index in [0.29, 0.717) is 31.3 Å². The number of carboxylic acid groups (broad SMARTS) is 1. The lowest BCUT2D eigenvalue weighted by atomic mass is 9.94. The van der Waals surface area contributed by atoms with Gasteiger partial charge in [-0.25, -0.2) is 4.98 Å². The zero-order valence-electron chi connectivity index (χ0n) is 24.7. The maximum Gasteiger partial charge on any atom is 0.321 e. The Bertz CT molecular complexity index is 1350. The summed E-state index contributed by atoms with van der Waals surface area (Å²) in [6.07, 6.45) is 3.50. The molecule has 2 N–H and O–H groups in total. The number of carboxylic acids is 1. The first kappa shape index (κ1) is 30.5. The van der Waals surface area contributed by atoms with E-state index in [-0.39, 0.29) is 0 Å². The van der Waals surface area contributed by atoms with Crippen molar-refractivity contribution in [2.45, 2.75) is 77.9 Å². The van der Waals surface area contributed by atoms with Crippen molar-refractivity contribution in [1.82, 2.24) is 10.3 Å². The Hall–Kier alpha value is -3.48. The van der Waals surface area contributed by atoms with Crippen molar-refractivity contribution in [3.05, 3.63) is 106 Å². The fraction of sp³-hybridized carbons (Fsp3) is 0.371. The number of nitrogens with zero attached hydrogens (tertiary/aromatic N) is 2. The van der Waals surface area contributed by atoms with Gasteiger partial charge in [-0.15, -0.1) is 11.3 Å². The smallest absolute Gasteiger partial charge is 0.321 e. The second kappa shape index (κ2) is 14.9. The minimum absolute atomic E-state index is 0.386. The molecule has 0 aliphatic heterocycles. The fourth-order valence-electron chi connectivity index (χ4n) is 5.26. The van der Waals surface area contributed by atoms with Crippen LogP contribution in [0.15, 0.2) is 84.2 Å². The fourth-order valence-corrected chi connectivity index (χ4v) is 6.06. The first-order valence-electron chi connectivity index (χ1n) is 14.8. The molecule has 0 saturated carbocycles. The number of hydrogen-bond donors (Lipinski definition) is 2. The standard InChI is InChI=1S/C35H43N3O2S/c1-5-28(6-2)29-16-18-31(19-17-29)38(25(3)4)23-27-12-14-30(15-13-27)33-24-41-34(37-33)20-21-36-32(35(39)40)22-26-10-8-7-9-11-26/h7-19,24-25,28,32,36H,5-6,20-23H2,1-4H3,(H,39,40). The van der Waals surface area contributed by atoms with E-state index in [1.54, 1.807) is 11.3 Å². The third-order valence-corrected chi connectivity index (χ3v) is 8.68. The van der Waals surface area contributed by atoms with Gasteiger partial charge in [0.25, 0.3) is 0 Å². The summed E-state index contributed by atoms with van der Waals surface area (Å²) in [5.74, 6) is -0.198. The molecule has 1 unspecified atom stereocenters. The van der Waals surface area contributed by atoms with Crippen LogP contribution in [-0.2, 0) is 24.2 Å². The van der Waals surface area contributed by atoms with Gasteiger partial charge < -0.3 is 15.3 Å². The van der Waals surface area contributed by atoms with Crippen LogP contribution in [0.5, 0.6) is 0 Å². The van der Waals surface area contributed by atoms with Crippen molar-refractivity contribution >= 4 is 23.0 Å². The summed E-state index contributed by atoms with van der Waals surface area (Å²) in [5.41, 5.74) is 7.03. The molecule has 0 bridgehead atoms. The van der Waals surface area contributed by atoms with Gasteiger partial charge in [-0.05, 0) is 67.9 Å². The van der Waals surface area contributed by atoms with Crippen molar-refractivity contribution in [3.8, 4) is 11.3 Å². The monoisotopic (exact) mass is 569 g/mol. The van der Waals surface area contributed by atoms with Gasteiger partial charge in [-0.1, -0.05) is 80.6 Å². The molecule has 0 fully saturated rings. The van der Waals surface area contributed by atoms with Crippen LogP contribution in [0.3, 0.4) is 0 Å². The van der Waals surface area contributed by atoms with Crippen molar-refractivity contribution in [2.24, 2.45) is 0 Å². The lowest BCUT2D eigenvalue weighted by molar-refractivity contribution is -0.139. The molecule has 0 aliphatic rings. The zero-order chi connectivity index (χ0) is 29.2. The second-order valence-electron chi connectivity index (χ2n) is 10.9. The highest BCUT2D eigenvalue weighted by Crippen LogP contribution is 2.28. The van der Waals surface area contributed by atoms with E-state index in [9.17, 15) is 9.90 Å². The average Bonchev–Trinajstić information content (AvgIpc) is 3.46. The van der Waals surface area contributed by atoms with Gasteiger partial charge in [-0.3, -0.25) is 4.79 Å². The van der Waals surface area contributed by atoms with Gasteiger partial charge in [0.2, 0.25) is 0 Å². The number of benzene rings is 3. The molecule has 1 aromatic heterocycles. The number of aromatic nitrogens is 1. The molecule has 0 saturated heterocycles. The number of thiazole rings is 1. The first-order chi connectivity index (χ1) is 19.9. The van der Waals surface area contributed by atoms with E-state index in [1.807, 2.05) is 30.3 Å². The SMILES string of the molecule is CCC(CC)c1ccc(N(Cc2ccc(-c3csc(CCNC(Cc4ccccc4)C(=O)O)n3)cc2)C(C)C)cc1. The molecular weight excluding hydrogens is 526 g/mol. The van der Waals surface area contributed by atoms with E-state index >= 15 is 0 Å². The van der Waals surface area contributed by atoms with Gasteiger partial charge in [0.1, 0.15) is 6.04 Å². The molecule has 1 heterocycles. The van der Waals surface area contributed by atoms with Crippen molar-refractivity contribution in [2.75, 3.05) is 11.4 Å². The van der Waals surface area contributed by atoms with Gasteiger partial charge in [-0.2, -0.15) is 0 Å². The molecule has 41 heavy (non-hydrogen) atoms. The van der Waals surface area contributed by atoms with Crippen LogP contribution in [0.4, 0.5) is 5.69 Å². The summed E-state index contributed by atoms with van der Waals surface area (Å²) in [6, 6.07) is 27.4. The summed E-state index contributed by atoms with van der Waals surface area (Å²) < 4.78 is 0. The Kier molecular flexibility index (Phi) is 11.1. The number of anilines is 1. The first-order valence-corrected chi connectivity index (χ1v) is 15.7. The Morgan fingerprint density at radius 3 is 2.22 bits per heavy atom. The lowest BCUT2D eigenvalue weighted by Gasteiger charge is -2.30. The summed E-state index contributed by atoms with van der Waals surface area (Å²) in [4.78, 5) is 19.0. The Morgan fingerprint density at radius 1 is 0.927 bits per heavy atom. The highest BCUT2D eigenvalue weighted by Gasteiger charge is 2.18. The third-order valence-electron chi connectivity index (χ3n) is 7.77. The van der Waals surface area contributed by atoms with Crippen LogP contribution < -0.4 is 10.2 Å². The quantitative estimate of drug-likeness (QED) is 0.152. The number of hydrogen-bond acceptors (Lipinski definition) is 5. The van der Waals surface area contributed by atoms with Crippen LogP contribution in [0.2, 0.25) is 0 Å². The van der Waals surface area contributed by atoms with Crippen molar-refractivity contribution in [1.29, 1.82) is 0 Å². The molecule has 4 rings (SSSR count). The summed E-state index contributed by atoms with van der Waals surface area (Å²) in [6.45, 7) is 10.4. The molecule has 0 amide bonds. The van der Waals surface area contributed by atoms with Crippen LogP contribution in [0, 0.1) is 0 Å². The maximum atomic E-state index is 11.7. The minimum atomic E-state index is -0.830. The topological polar surface area (TPSA) is 65.5 Å².